The molecule has 114 valence electrons. The molecule has 2 aromatic rings. The van der Waals surface area contributed by atoms with Crippen LogP contribution in [0.25, 0.3) is 10.1 Å². The Labute approximate surface area is 125 Å². The van der Waals surface area contributed by atoms with Gasteiger partial charge >= 0.3 is 5.97 Å². The number of ether oxygens (including phenoxy) is 1. The number of aromatic carboxylic acids is 1. The zero-order chi connectivity index (χ0) is 15.4. The van der Waals surface area contributed by atoms with Crippen molar-refractivity contribution in [2.45, 2.75) is 12.6 Å². The number of carboxylic acids is 1. The zero-order valence-electron chi connectivity index (χ0n) is 11.4. The lowest BCUT2D eigenvalue weighted by Gasteiger charge is -2.11. The molecule has 3 N–H and O–H groups in total. The number of hydrogen-bond acceptors (Lipinski definition) is 5. The first-order valence-electron chi connectivity index (χ1n) is 6.35. The summed E-state index contributed by atoms with van der Waals surface area (Å²) < 4.78 is 19.3. The van der Waals surface area contributed by atoms with E-state index in [1.54, 1.807) is 12.1 Å². The first-order valence-corrected chi connectivity index (χ1v) is 7.17. The molecule has 0 amide bonds. The molecule has 2 rings (SSSR count). The lowest BCUT2D eigenvalue weighted by atomic mass is 10.1. The van der Waals surface area contributed by atoms with Crippen LogP contribution < -0.4 is 5.32 Å². The van der Waals surface area contributed by atoms with E-state index in [4.69, 9.17) is 4.74 Å². The maximum absolute atomic E-state index is 13.9. The van der Waals surface area contributed by atoms with E-state index < -0.39 is 17.9 Å². The second-order valence-electron chi connectivity index (χ2n) is 4.57. The Balaban J connectivity index is 2.24. The second-order valence-corrected chi connectivity index (χ2v) is 5.62. The van der Waals surface area contributed by atoms with Gasteiger partial charge in [-0.25, -0.2) is 9.18 Å². The minimum absolute atomic E-state index is 0.115. The van der Waals surface area contributed by atoms with Crippen molar-refractivity contribution in [2.75, 3.05) is 20.3 Å². The standard InChI is InChI=1S/C14H16FNO4S/c1-20-7-8(17)5-16-6-9-12-10(15)3-2-4-11(12)21-13(9)14(18)19/h2-4,8,16-17H,5-7H2,1H3,(H,18,19). The molecule has 0 aliphatic heterocycles. The average molecular weight is 313 g/mol. The lowest BCUT2D eigenvalue weighted by molar-refractivity contribution is 0.0643. The van der Waals surface area contributed by atoms with Crippen LogP contribution in [0.15, 0.2) is 18.2 Å². The predicted octanol–water partition coefficient (Wildman–Crippen LogP) is 1.84. The number of benzene rings is 1. The van der Waals surface area contributed by atoms with Crippen LogP contribution in [0.4, 0.5) is 4.39 Å². The van der Waals surface area contributed by atoms with E-state index in [-0.39, 0.29) is 24.6 Å². The van der Waals surface area contributed by atoms with Gasteiger partial charge < -0.3 is 20.3 Å². The van der Waals surface area contributed by atoms with Crippen LogP contribution in [-0.2, 0) is 11.3 Å². The van der Waals surface area contributed by atoms with Crippen LogP contribution in [0.5, 0.6) is 0 Å². The molecular weight excluding hydrogens is 297 g/mol. The smallest absolute Gasteiger partial charge is 0.346 e. The molecule has 0 saturated carbocycles. The molecule has 0 fully saturated rings. The minimum Gasteiger partial charge on any atom is -0.477 e. The number of methoxy groups -OCH3 is 1. The number of aliphatic hydroxyl groups is 1. The van der Waals surface area contributed by atoms with E-state index in [0.29, 0.717) is 15.6 Å². The van der Waals surface area contributed by atoms with E-state index in [9.17, 15) is 19.4 Å². The number of hydrogen-bond donors (Lipinski definition) is 3. The SMILES string of the molecule is COCC(O)CNCc1c(C(=O)O)sc2cccc(F)c12. The third-order valence-electron chi connectivity index (χ3n) is 3.00. The van der Waals surface area contributed by atoms with Gasteiger partial charge in [0.15, 0.2) is 0 Å². The van der Waals surface area contributed by atoms with Crippen molar-refractivity contribution >= 4 is 27.4 Å². The summed E-state index contributed by atoms with van der Waals surface area (Å²) in [6.07, 6.45) is -0.696. The van der Waals surface area contributed by atoms with E-state index in [1.807, 2.05) is 0 Å². The molecule has 7 heteroatoms. The van der Waals surface area contributed by atoms with Gasteiger partial charge in [0.2, 0.25) is 0 Å². The fraction of sp³-hybridized carbons (Fsp3) is 0.357. The Morgan fingerprint density at radius 2 is 2.29 bits per heavy atom. The van der Waals surface area contributed by atoms with Gasteiger partial charge in [-0.2, -0.15) is 0 Å². The number of rotatable bonds is 7. The molecule has 1 aromatic heterocycles. The highest BCUT2D eigenvalue weighted by atomic mass is 32.1. The fourth-order valence-electron chi connectivity index (χ4n) is 2.12. The Kier molecular flexibility index (Phi) is 5.24. The van der Waals surface area contributed by atoms with E-state index in [2.05, 4.69) is 5.32 Å². The molecule has 0 bridgehead atoms. The Morgan fingerprint density at radius 1 is 1.52 bits per heavy atom. The van der Waals surface area contributed by atoms with E-state index in [1.165, 1.54) is 13.2 Å². The van der Waals surface area contributed by atoms with Crippen LogP contribution in [0.1, 0.15) is 15.2 Å². The van der Waals surface area contributed by atoms with Gasteiger partial charge in [-0.15, -0.1) is 11.3 Å². The number of halogens is 1. The van der Waals surface area contributed by atoms with Gasteiger partial charge in [-0.1, -0.05) is 6.07 Å². The Bertz CT molecular complexity index is 643. The average Bonchev–Trinajstić information content (AvgIpc) is 2.79. The number of nitrogens with one attached hydrogen (secondary N) is 1. The normalized spacial score (nSPS) is 12.7. The highest BCUT2D eigenvalue weighted by Gasteiger charge is 2.20. The summed E-state index contributed by atoms with van der Waals surface area (Å²) in [5, 5.41) is 22.1. The summed E-state index contributed by atoms with van der Waals surface area (Å²) in [6.45, 7) is 0.583. The minimum atomic E-state index is -1.08. The van der Waals surface area contributed by atoms with Gasteiger partial charge in [-0.3, -0.25) is 0 Å². The maximum Gasteiger partial charge on any atom is 0.346 e. The lowest BCUT2D eigenvalue weighted by Crippen LogP contribution is -2.30. The van der Waals surface area contributed by atoms with Gasteiger partial charge in [-0.05, 0) is 12.1 Å². The largest absolute Gasteiger partial charge is 0.477 e. The molecule has 1 unspecified atom stereocenters. The maximum atomic E-state index is 13.9. The van der Waals surface area contributed by atoms with E-state index >= 15 is 0 Å². The van der Waals surface area contributed by atoms with Crippen molar-refractivity contribution < 1.29 is 24.1 Å². The number of carbonyl (C=O) groups is 1. The van der Waals surface area contributed by atoms with Crippen molar-refractivity contribution in [2.24, 2.45) is 0 Å². The summed E-state index contributed by atoms with van der Waals surface area (Å²) in [6, 6.07) is 4.56. The summed E-state index contributed by atoms with van der Waals surface area (Å²) in [5.41, 5.74) is 0.408. The monoisotopic (exact) mass is 313 g/mol. The first kappa shape index (κ1) is 15.8. The van der Waals surface area contributed by atoms with Crippen LogP contribution in [-0.4, -0.2) is 42.5 Å². The van der Waals surface area contributed by atoms with Crippen LogP contribution in [0.3, 0.4) is 0 Å². The Hall–Kier alpha value is -1.54. The van der Waals surface area contributed by atoms with Crippen molar-refractivity contribution in [1.82, 2.24) is 5.32 Å². The molecular formula is C14H16FNO4S. The third kappa shape index (κ3) is 3.56. The van der Waals surface area contributed by atoms with Crippen LogP contribution in [0.2, 0.25) is 0 Å². The molecule has 5 nitrogen and oxygen atoms in total. The van der Waals surface area contributed by atoms with Crippen LogP contribution >= 0.6 is 11.3 Å². The topological polar surface area (TPSA) is 78.8 Å². The van der Waals surface area contributed by atoms with Crippen molar-refractivity contribution in [3.63, 3.8) is 0 Å². The molecule has 1 atom stereocenters. The van der Waals surface area contributed by atoms with Gasteiger partial charge in [0.25, 0.3) is 0 Å². The Morgan fingerprint density at radius 3 is 2.95 bits per heavy atom. The quantitative estimate of drug-likeness (QED) is 0.727. The van der Waals surface area contributed by atoms with Crippen LogP contribution in [0, 0.1) is 5.82 Å². The second kappa shape index (κ2) is 6.95. The molecule has 0 aliphatic rings. The number of carboxylic acid groups (broad SMARTS) is 1. The van der Waals surface area contributed by atoms with Crippen molar-refractivity contribution in [3.8, 4) is 0 Å². The zero-order valence-corrected chi connectivity index (χ0v) is 12.2. The summed E-state index contributed by atoms with van der Waals surface area (Å²) in [5.74, 6) is -1.52. The highest BCUT2D eigenvalue weighted by Crippen LogP contribution is 2.33. The van der Waals surface area contributed by atoms with E-state index in [0.717, 1.165) is 11.3 Å². The van der Waals surface area contributed by atoms with Gasteiger partial charge in [0.05, 0.1) is 12.7 Å². The molecule has 1 aromatic carbocycles. The van der Waals surface area contributed by atoms with Gasteiger partial charge in [0, 0.05) is 35.8 Å². The highest BCUT2D eigenvalue weighted by molar-refractivity contribution is 7.21. The molecule has 0 aliphatic carbocycles. The third-order valence-corrected chi connectivity index (χ3v) is 4.18. The number of fused-ring (bicyclic) bond motifs is 1. The summed E-state index contributed by atoms with van der Waals surface area (Å²) in [7, 11) is 1.48. The molecule has 0 saturated heterocycles. The first-order chi connectivity index (χ1) is 10.0. The molecule has 1 heterocycles. The predicted molar refractivity (Wildman–Crippen MR) is 78.3 cm³/mol. The number of thiophene rings is 1. The summed E-state index contributed by atoms with van der Waals surface area (Å²) in [4.78, 5) is 11.4. The number of aliphatic hydroxyl groups excluding tert-OH is 1. The van der Waals surface area contributed by atoms with Crippen molar-refractivity contribution in [3.05, 3.63) is 34.5 Å². The van der Waals surface area contributed by atoms with Crippen molar-refractivity contribution in [1.29, 1.82) is 0 Å². The summed E-state index contributed by atoms with van der Waals surface area (Å²) >= 11 is 1.05. The van der Waals surface area contributed by atoms with Gasteiger partial charge in [0.1, 0.15) is 10.7 Å². The molecule has 0 spiro atoms. The molecule has 0 radical (unpaired) electrons. The fourth-order valence-corrected chi connectivity index (χ4v) is 3.20. The molecule has 21 heavy (non-hydrogen) atoms.